The number of rotatable bonds is 26. The number of nitrogens with one attached hydrogen (secondary N) is 2. The number of para-hydroxylation sites is 1. The minimum atomic E-state index is -5.15. The average Bonchev–Trinajstić information content (AvgIpc) is 1.61. The Hall–Kier alpha value is -7.22. The van der Waals surface area contributed by atoms with Crippen LogP contribution in [0, 0.1) is 5.82 Å². The van der Waals surface area contributed by atoms with Crippen molar-refractivity contribution in [1.29, 1.82) is 0 Å². The lowest BCUT2D eigenvalue weighted by Gasteiger charge is -2.44. The van der Waals surface area contributed by atoms with Gasteiger partial charge in [0.2, 0.25) is 11.8 Å². The first kappa shape index (κ1) is 81.1. The molecule has 3 aliphatic heterocycles. The van der Waals surface area contributed by atoms with Gasteiger partial charge in [-0.2, -0.15) is 26.3 Å². The van der Waals surface area contributed by atoms with Crippen LogP contribution in [0.25, 0.3) is 11.1 Å². The van der Waals surface area contributed by atoms with Crippen LogP contribution in [0.2, 0.25) is 5.02 Å². The lowest BCUT2D eigenvalue weighted by Crippen LogP contribution is -2.50. The van der Waals surface area contributed by atoms with Crippen LogP contribution in [-0.2, 0) is 53.6 Å². The topological polar surface area (TPSA) is 157 Å². The molecule has 0 aromatic heterocycles. The van der Waals surface area contributed by atoms with Gasteiger partial charge in [-0.25, -0.2) is 9.18 Å². The molecular formula is C74H87Cl4F7N8O8. The Morgan fingerprint density at radius 1 is 0.673 bits per heavy atom. The van der Waals surface area contributed by atoms with Gasteiger partial charge in [-0.1, -0.05) is 103 Å². The molecule has 4 aliphatic rings. The summed E-state index contributed by atoms with van der Waals surface area (Å²) in [4.78, 5) is 77.5. The van der Waals surface area contributed by atoms with Crippen LogP contribution in [0.3, 0.4) is 0 Å². The van der Waals surface area contributed by atoms with Crippen LogP contribution >= 0.6 is 48.8 Å². The summed E-state index contributed by atoms with van der Waals surface area (Å²) in [5.74, 6) is -1.98. The van der Waals surface area contributed by atoms with E-state index in [-0.39, 0.29) is 92.8 Å². The van der Waals surface area contributed by atoms with Crippen molar-refractivity contribution >= 4 is 89.9 Å². The molecule has 6 aromatic rings. The van der Waals surface area contributed by atoms with Crippen LogP contribution in [0.4, 0.5) is 46.9 Å². The molecule has 3 heterocycles. The Labute approximate surface area is 608 Å². The minimum absolute atomic E-state index is 0. The van der Waals surface area contributed by atoms with Gasteiger partial charge in [0.25, 0.3) is 11.8 Å². The van der Waals surface area contributed by atoms with Crippen molar-refractivity contribution < 1.29 is 68.9 Å². The molecule has 0 unspecified atom stereocenters. The molecule has 10 rings (SSSR count). The normalized spacial score (nSPS) is 17.6. The van der Waals surface area contributed by atoms with Gasteiger partial charge in [-0.05, 0) is 148 Å². The van der Waals surface area contributed by atoms with E-state index in [2.05, 4.69) is 32.6 Å². The molecule has 3 saturated heterocycles. The van der Waals surface area contributed by atoms with Crippen LogP contribution in [-0.4, -0.2) is 178 Å². The molecule has 16 nitrogen and oxygen atoms in total. The van der Waals surface area contributed by atoms with Crippen molar-refractivity contribution in [2.45, 2.75) is 106 Å². The fourth-order valence-electron chi connectivity index (χ4n) is 13.8. The third-order valence-corrected chi connectivity index (χ3v) is 19.9. The summed E-state index contributed by atoms with van der Waals surface area (Å²) in [6.45, 7) is 5.07. The number of fused-ring (bicyclic) bond motifs is 2. The molecule has 101 heavy (non-hydrogen) atoms. The van der Waals surface area contributed by atoms with Gasteiger partial charge in [0, 0.05) is 102 Å². The van der Waals surface area contributed by atoms with Crippen molar-refractivity contribution in [3.63, 3.8) is 0 Å². The smallest absolute Gasteiger partial charge is 0.416 e. The molecule has 2 atom stereocenters. The molecule has 27 heteroatoms. The molecule has 548 valence electrons. The highest BCUT2D eigenvalue weighted by molar-refractivity contribution is 6.34. The second-order valence-corrected chi connectivity index (χ2v) is 26.5. The van der Waals surface area contributed by atoms with Gasteiger partial charge in [0.05, 0.1) is 40.0 Å². The summed E-state index contributed by atoms with van der Waals surface area (Å²) in [6, 6.07) is 37.1. The SMILES string of the molecule is CN(CCN1CCC(OC(=O)Nc2ccccc2-c2ccccc2)CC1)C(=O)CCCCCNc1ccc(C(=O)N(C)CCCN(C)C(=O)CO[C@H]2Cc3ccccc3C23CCN(CC[C@@]2(c4ccc(F)cc4)CN(C(=O)c4cc(C(F)(F)F)cc(C(F)(F)F)c4)CO2)CC3)c(Cl)c1.Cl.Cl.Cl. The number of hydrogen-bond acceptors (Lipinski definition) is 11. The van der Waals surface area contributed by atoms with E-state index in [0.29, 0.717) is 112 Å². The zero-order chi connectivity index (χ0) is 69.8. The van der Waals surface area contributed by atoms with Crippen LogP contribution < -0.4 is 10.6 Å². The Morgan fingerprint density at radius 2 is 1.31 bits per heavy atom. The summed E-state index contributed by atoms with van der Waals surface area (Å²) < 4.78 is 116. The largest absolute Gasteiger partial charge is 0.446 e. The van der Waals surface area contributed by atoms with Gasteiger partial charge in [-0.15, -0.1) is 37.2 Å². The molecule has 2 N–H and O–H groups in total. The highest BCUT2D eigenvalue weighted by Gasteiger charge is 2.50. The van der Waals surface area contributed by atoms with E-state index in [1.807, 2.05) is 79.8 Å². The third-order valence-electron chi connectivity index (χ3n) is 19.6. The number of piperidine rings is 2. The van der Waals surface area contributed by atoms with E-state index in [1.165, 1.54) is 24.3 Å². The number of likely N-dealkylation sites (N-methyl/N-ethyl adjacent to an activating group) is 2. The maximum absolute atomic E-state index is 14.2. The highest BCUT2D eigenvalue weighted by Crippen LogP contribution is 2.49. The number of ether oxygens (including phenoxy) is 3. The van der Waals surface area contributed by atoms with E-state index in [0.717, 1.165) is 84.6 Å². The monoisotopic (exact) mass is 1490 g/mol. The van der Waals surface area contributed by atoms with Crippen molar-refractivity contribution in [2.75, 3.05) is 117 Å². The second kappa shape index (κ2) is 36.3. The number of likely N-dealkylation sites (tertiary alicyclic amines) is 2. The second-order valence-electron chi connectivity index (χ2n) is 26.1. The first-order valence-electron chi connectivity index (χ1n) is 33.4. The first-order valence-corrected chi connectivity index (χ1v) is 33.8. The summed E-state index contributed by atoms with van der Waals surface area (Å²) in [6.07, 6.45) is -4.28. The summed E-state index contributed by atoms with van der Waals surface area (Å²) in [5, 5.41) is 6.60. The van der Waals surface area contributed by atoms with E-state index >= 15 is 0 Å². The lowest BCUT2D eigenvalue weighted by atomic mass is 9.72. The number of amides is 5. The number of carbonyl (C=O) groups excluding carboxylic acids is 5. The molecule has 3 fully saturated rings. The van der Waals surface area contributed by atoms with Crippen molar-refractivity contribution in [3.05, 3.63) is 189 Å². The summed E-state index contributed by atoms with van der Waals surface area (Å²) in [5.41, 5.74) is 0.815. The van der Waals surface area contributed by atoms with E-state index in [4.69, 9.17) is 25.8 Å². The van der Waals surface area contributed by atoms with E-state index in [1.54, 1.807) is 40.9 Å². The zero-order valence-electron chi connectivity index (χ0n) is 56.6. The number of nitrogens with zero attached hydrogens (tertiary/aromatic N) is 6. The van der Waals surface area contributed by atoms with E-state index in [9.17, 15) is 54.7 Å². The fraction of sp³-hybridized carbons (Fsp3) is 0.446. The van der Waals surface area contributed by atoms with Crippen molar-refractivity contribution in [1.82, 2.24) is 29.4 Å². The minimum Gasteiger partial charge on any atom is -0.446 e. The molecular weight excluding hydrogens is 1400 g/mol. The summed E-state index contributed by atoms with van der Waals surface area (Å²) in [7, 11) is 5.23. The Balaban J connectivity index is 0.00000477. The Kier molecular flexibility index (Phi) is 29.1. The van der Waals surface area contributed by atoms with Gasteiger partial charge in [-0.3, -0.25) is 24.5 Å². The Bertz CT molecular complexity index is 3720. The van der Waals surface area contributed by atoms with Gasteiger partial charge in [0.15, 0.2) is 0 Å². The number of hydrogen-bond donors (Lipinski definition) is 2. The van der Waals surface area contributed by atoms with E-state index < -0.39 is 64.6 Å². The molecule has 1 aliphatic carbocycles. The van der Waals surface area contributed by atoms with Crippen LogP contribution in [0.15, 0.2) is 140 Å². The van der Waals surface area contributed by atoms with Crippen molar-refractivity contribution in [2.24, 2.45) is 0 Å². The van der Waals surface area contributed by atoms with Crippen LogP contribution in [0.1, 0.15) is 113 Å². The molecule has 1 spiro atoms. The zero-order valence-corrected chi connectivity index (χ0v) is 59.8. The predicted molar refractivity (Wildman–Crippen MR) is 382 cm³/mol. The molecule has 0 bridgehead atoms. The average molecular weight is 1490 g/mol. The molecule has 6 aromatic carbocycles. The van der Waals surface area contributed by atoms with Gasteiger partial charge < -0.3 is 48.9 Å². The van der Waals surface area contributed by atoms with Gasteiger partial charge >= 0.3 is 18.4 Å². The molecule has 0 saturated carbocycles. The number of halogens is 11. The van der Waals surface area contributed by atoms with Crippen molar-refractivity contribution in [3.8, 4) is 11.1 Å². The number of alkyl halides is 6. The van der Waals surface area contributed by atoms with Crippen LogP contribution in [0.5, 0.6) is 0 Å². The maximum atomic E-state index is 14.2. The van der Waals surface area contributed by atoms with Gasteiger partial charge in [0.1, 0.15) is 30.9 Å². The quantitative estimate of drug-likeness (QED) is 0.0394. The third kappa shape index (κ3) is 20.8. The lowest BCUT2D eigenvalue weighted by molar-refractivity contribution is -0.143. The highest BCUT2D eigenvalue weighted by atomic mass is 35.5. The predicted octanol–water partition coefficient (Wildman–Crippen LogP) is 14.9. The maximum Gasteiger partial charge on any atom is 0.416 e. The fourth-order valence-corrected chi connectivity index (χ4v) is 14.0. The number of unbranched alkanes of at least 4 members (excludes halogenated alkanes) is 2. The number of benzene rings is 6. The number of carbonyl (C=O) groups is 5. The number of anilines is 2. The molecule has 5 amide bonds. The Morgan fingerprint density at radius 3 is 1.99 bits per heavy atom. The molecule has 0 radical (unpaired) electrons. The standard InChI is InChI=1S/C74H84ClF7N8O8.3ClH/c1-85(34-14-35-87(3)69(94)61-27-26-58(47-63(61)75)83-33-13-5-8-21-66(91)86(2)41-42-88-36-28-59(29-37-88)98-70(95)84-64-20-12-10-18-60(64)51-15-6-4-7-16-51)67(92)48-96-65-45-52-17-9-11-19-62(52)71(65)30-38-89(39-31-71)40-32-72(54-22-24-57(76)25-23-54)49-90(50-97-72)68(93)53-43-55(73(77,78)79)46-56(44-53)74(80,81)82;;;/h4,6-7,9-12,15-20,22-27,43-44,46-47,59,65,83H,5,8,13-14,21,28-42,45,48-50H2,1-3H3,(H,84,95);3*1H/t65-,72-;;;/m0.../s1. The summed E-state index contributed by atoms with van der Waals surface area (Å²) >= 11 is 6.68. The first-order chi connectivity index (χ1) is 46.9.